The van der Waals surface area contributed by atoms with Crippen molar-refractivity contribution < 1.29 is 4.74 Å². The monoisotopic (exact) mass is 521 g/mol. The predicted molar refractivity (Wildman–Crippen MR) is 125 cm³/mol. The molecule has 1 aromatic heterocycles. The number of aromatic nitrogens is 3. The largest absolute Gasteiger partial charge is 0.379 e. The van der Waals surface area contributed by atoms with Crippen molar-refractivity contribution in [3.05, 3.63) is 16.3 Å². The Labute approximate surface area is 190 Å². The summed E-state index contributed by atoms with van der Waals surface area (Å²) in [6.45, 7) is 11.0. The highest BCUT2D eigenvalue weighted by molar-refractivity contribution is 14.0. The molecule has 0 spiro atoms. The van der Waals surface area contributed by atoms with Gasteiger partial charge in [-0.05, 0) is 33.1 Å². The molecule has 0 atom stereocenters. The first-order valence-corrected chi connectivity index (χ1v) is 10.4. The molecule has 2 aliphatic rings. The minimum absolute atomic E-state index is 0. The number of halogens is 1. The van der Waals surface area contributed by atoms with Gasteiger partial charge in [-0.2, -0.15) is 5.10 Å². The van der Waals surface area contributed by atoms with Crippen LogP contribution >= 0.6 is 24.0 Å². The molecular formula is C19H36IN7O2. The van der Waals surface area contributed by atoms with E-state index in [0.717, 1.165) is 83.4 Å². The summed E-state index contributed by atoms with van der Waals surface area (Å²) in [4.78, 5) is 19.1. The van der Waals surface area contributed by atoms with Crippen LogP contribution in [0.4, 0.5) is 0 Å². The van der Waals surface area contributed by atoms with E-state index < -0.39 is 0 Å². The summed E-state index contributed by atoms with van der Waals surface area (Å²) in [6, 6.07) is 0. The molecule has 2 N–H and O–H groups in total. The maximum atomic E-state index is 12.4. The maximum Gasteiger partial charge on any atom is 0.345 e. The highest BCUT2D eigenvalue weighted by atomic mass is 127. The van der Waals surface area contributed by atoms with Crippen molar-refractivity contribution >= 4 is 29.9 Å². The van der Waals surface area contributed by atoms with Gasteiger partial charge in [-0.25, -0.2) is 9.48 Å². The minimum Gasteiger partial charge on any atom is -0.379 e. The molecule has 0 radical (unpaired) electrons. The van der Waals surface area contributed by atoms with Crippen LogP contribution in [0.3, 0.4) is 0 Å². The molecule has 2 aliphatic heterocycles. The van der Waals surface area contributed by atoms with E-state index >= 15 is 0 Å². The number of nitrogens with one attached hydrogen (secondary N) is 2. The topological polar surface area (TPSA) is 88.7 Å². The molecule has 1 fully saturated rings. The summed E-state index contributed by atoms with van der Waals surface area (Å²) in [5.41, 5.74) is 0.0639. The van der Waals surface area contributed by atoms with Gasteiger partial charge >= 0.3 is 5.69 Å². The van der Waals surface area contributed by atoms with Crippen molar-refractivity contribution in [2.75, 3.05) is 46.4 Å². The minimum atomic E-state index is 0. The third-order valence-corrected chi connectivity index (χ3v) is 5.65. The Hall–Kier alpha value is -1.14. The average Bonchev–Trinajstić information content (AvgIpc) is 3.04. The first-order valence-electron chi connectivity index (χ1n) is 10.4. The molecule has 0 aromatic carbocycles. The van der Waals surface area contributed by atoms with Crippen molar-refractivity contribution in [1.29, 1.82) is 0 Å². The predicted octanol–water partition coefficient (Wildman–Crippen LogP) is 0.665. The van der Waals surface area contributed by atoms with Crippen LogP contribution in [0.25, 0.3) is 0 Å². The highest BCUT2D eigenvalue weighted by Gasteiger charge is 2.28. The summed E-state index contributed by atoms with van der Waals surface area (Å²) in [6.07, 6.45) is 3.93. The number of hydrogen-bond donors (Lipinski definition) is 2. The SMILES string of the molecule is CN=C(NCCCn1nc2n(c1=O)CCCC2)NCC(C)(C)N1CCOCC1.I. The fourth-order valence-electron chi connectivity index (χ4n) is 3.83. The normalized spacial score (nSPS) is 18.1. The molecule has 29 heavy (non-hydrogen) atoms. The van der Waals surface area contributed by atoms with Crippen molar-refractivity contribution in [2.24, 2.45) is 4.99 Å². The second-order valence-electron chi connectivity index (χ2n) is 8.15. The molecule has 0 bridgehead atoms. The Balaban J connectivity index is 0.00000300. The molecule has 3 heterocycles. The maximum absolute atomic E-state index is 12.4. The van der Waals surface area contributed by atoms with E-state index in [1.165, 1.54) is 0 Å². The van der Waals surface area contributed by atoms with Gasteiger partial charge in [-0.15, -0.1) is 24.0 Å². The van der Waals surface area contributed by atoms with Gasteiger partial charge in [0, 0.05) is 58.3 Å². The zero-order chi connectivity index (χ0) is 20.0. The van der Waals surface area contributed by atoms with E-state index in [-0.39, 0.29) is 35.2 Å². The smallest absolute Gasteiger partial charge is 0.345 e. The van der Waals surface area contributed by atoms with Crippen LogP contribution in [0.2, 0.25) is 0 Å². The molecule has 1 aromatic rings. The third-order valence-electron chi connectivity index (χ3n) is 5.65. The lowest BCUT2D eigenvalue weighted by Crippen LogP contribution is -2.56. The average molecular weight is 521 g/mol. The number of guanidine groups is 1. The molecule has 0 amide bonds. The van der Waals surface area contributed by atoms with E-state index in [4.69, 9.17) is 4.74 Å². The van der Waals surface area contributed by atoms with Crippen LogP contribution in [-0.2, 0) is 24.2 Å². The summed E-state index contributed by atoms with van der Waals surface area (Å²) in [5.74, 6) is 1.73. The van der Waals surface area contributed by atoms with Crippen LogP contribution in [0.15, 0.2) is 9.79 Å². The Morgan fingerprint density at radius 1 is 1.21 bits per heavy atom. The van der Waals surface area contributed by atoms with E-state index in [0.29, 0.717) is 6.54 Å². The number of fused-ring (bicyclic) bond motifs is 1. The zero-order valence-corrected chi connectivity index (χ0v) is 20.3. The van der Waals surface area contributed by atoms with E-state index in [9.17, 15) is 4.79 Å². The Bertz CT molecular complexity index is 723. The summed E-state index contributed by atoms with van der Waals surface area (Å²) in [5, 5.41) is 11.3. The van der Waals surface area contributed by atoms with Gasteiger partial charge in [0.25, 0.3) is 0 Å². The van der Waals surface area contributed by atoms with Crippen LogP contribution in [0.5, 0.6) is 0 Å². The van der Waals surface area contributed by atoms with Crippen molar-refractivity contribution in [3.63, 3.8) is 0 Å². The van der Waals surface area contributed by atoms with Gasteiger partial charge in [0.15, 0.2) is 5.96 Å². The van der Waals surface area contributed by atoms with Crippen molar-refractivity contribution in [3.8, 4) is 0 Å². The Morgan fingerprint density at radius 3 is 2.66 bits per heavy atom. The Kier molecular flexibility index (Phi) is 9.41. The van der Waals surface area contributed by atoms with Gasteiger partial charge in [0.1, 0.15) is 5.82 Å². The second kappa shape index (κ2) is 11.3. The van der Waals surface area contributed by atoms with E-state index in [1.807, 2.05) is 4.57 Å². The lowest BCUT2D eigenvalue weighted by atomic mass is 10.0. The zero-order valence-electron chi connectivity index (χ0n) is 17.9. The second-order valence-corrected chi connectivity index (χ2v) is 8.15. The molecular weight excluding hydrogens is 485 g/mol. The molecule has 9 nitrogen and oxygen atoms in total. The van der Waals surface area contributed by atoms with Gasteiger partial charge < -0.3 is 15.4 Å². The number of hydrogen-bond acceptors (Lipinski definition) is 5. The molecule has 1 saturated heterocycles. The van der Waals surface area contributed by atoms with Crippen LogP contribution in [0.1, 0.15) is 38.9 Å². The molecule has 0 saturated carbocycles. The van der Waals surface area contributed by atoms with Crippen molar-refractivity contribution in [1.82, 2.24) is 29.9 Å². The first kappa shape index (κ1) is 24.1. The van der Waals surface area contributed by atoms with Crippen LogP contribution < -0.4 is 16.3 Å². The van der Waals surface area contributed by atoms with E-state index in [1.54, 1.807) is 11.7 Å². The van der Waals surface area contributed by atoms with Gasteiger partial charge in [-0.3, -0.25) is 14.5 Å². The quantitative estimate of drug-likeness (QED) is 0.237. The number of ether oxygens (including phenoxy) is 1. The first-order chi connectivity index (χ1) is 13.5. The molecule has 0 aliphatic carbocycles. The van der Waals surface area contributed by atoms with Crippen molar-refractivity contribution in [2.45, 2.75) is 58.2 Å². The highest BCUT2D eigenvalue weighted by Crippen LogP contribution is 2.15. The van der Waals surface area contributed by atoms with Gasteiger partial charge in [-0.1, -0.05) is 0 Å². The van der Waals surface area contributed by atoms with E-state index in [2.05, 4.69) is 39.5 Å². The molecule has 0 unspecified atom stereocenters. The molecule has 10 heteroatoms. The molecule has 166 valence electrons. The third kappa shape index (κ3) is 6.42. The number of nitrogens with zero attached hydrogens (tertiary/aromatic N) is 5. The Morgan fingerprint density at radius 2 is 1.97 bits per heavy atom. The standard InChI is InChI=1S/C19H35N7O2.HI/c1-19(2,24-11-13-28-14-12-24)15-22-17(20-3)21-8-6-10-26-18(27)25-9-5-4-7-16(25)23-26;/h4-15H2,1-3H3,(H2,20,21,22);1H. The lowest BCUT2D eigenvalue weighted by molar-refractivity contribution is -0.00833. The van der Waals surface area contributed by atoms with Gasteiger partial charge in [0.05, 0.1) is 13.2 Å². The fourth-order valence-corrected chi connectivity index (χ4v) is 3.83. The summed E-state index contributed by atoms with van der Waals surface area (Å²) >= 11 is 0. The van der Waals surface area contributed by atoms with Crippen LogP contribution in [0, 0.1) is 0 Å². The number of rotatable bonds is 7. The number of morpholine rings is 1. The summed E-state index contributed by atoms with van der Waals surface area (Å²) < 4.78 is 8.89. The number of aryl methyl sites for hydroxylation is 2. The molecule has 3 rings (SSSR count). The number of aliphatic imine (C=N–C) groups is 1. The van der Waals surface area contributed by atoms with Gasteiger partial charge in [0.2, 0.25) is 0 Å². The van der Waals surface area contributed by atoms with Crippen LogP contribution in [-0.4, -0.2) is 77.2 Å². The summed E-state index contributed by atoms with van der Waals surface area (Å²) in [7, 11) is 1.78. The lowest BCUT2D eigenvalue weighted by Gasteiger charge is -2.41. The fraction of sp³-hybridized carbons (Fsp3) is 0.842.